The summed E-state index contributed by atoms with van der Waals surface area (Å²) in [6.45, 7) is 11.6. The summed E-state index contributed by atoms with van der Waals surface area (Å²) in [5.41, 5.74) is 4.38. The third-order valence-electron chi connectivity index (χ3n) is 5.61. The highest BCUT2D eigenvalue weighted by atomic mass is 32.2. The number of carbonyl (C=O) groups is 3. The van der Waals surface area contributed by atoms with Crippen LogP contribution < -0.4 is 16.4 Å². The van der Waals surface area contributed by atoms with Gasteiger partial charge in [0.1, 0.15) is 12.1 Å². The highest BCUT2D eigenvalue weighted by Gasteiger charge is 2.41. The van der Waals surface area contributed by atoms with E-state index in [2.05, 4.69) is 10.6 Å². The SMILES string of the molecule is CN(C[C@@H](NC(=O)N[C@H](C(=O)N1CCC[C@H]1C(N)=O)C(C)(C)C)C(C)(C)C)S(C)(=O)=O. The van der Waals surface area contributed by atoms with Crippen molar-refractivity contribution < 1.29 is 22.8 Å². The molecule has 0 radical (unpaired) electrons. The Kier molecular flexibility index (Phi) is 8.52. The Morgan fingerprint density at radius 2 is 1.65 bits per heavy atom. The van der Waals surface area contributed by atoms with E-state index in [1.807, 2.05) is 41.5 Å². The first kappa shape index (κ1) is 27.2. The van der Waals surface area contributed by atoms with Crippen LogP contribution in [0.1, 0.15) is 54.4 Å². The summed E-state index contributed by atoms with van der Waals surface area (Å²) in [5, 5.41) is 5.57. The van der Waals surface area contributed by atoms with Gasteiger partial charge in [-0.2, -0.15) is 0 Å². The van der Waals surface area contributed by atoms with Crippen molar-refractivity contribution in [1.82, 2.24) is 19.8 Å². The Labute approximate surface area is 186 Å². The topological polar surface area (TPSA) is 142 Å². The van der Waals surface area contributed by atoms with Crippen molar-refractivity contribution in [3.63, 3.8) is 0 Å². The van der Waals surface area contributed by atoms with Gasteiger partial charge in [0.05, 0.1) is 6.26 Å². The Bertz CT molecular complexity index is 785. The number of hydrogen-bond donors (Lipinski definition) is 3. The molecule has 0 bridgehead atoms. The van der Waals surface area contributed by atoms with Crippen LogP contribution >= 0.6 is 0 Å². The average molecular weight is 462 g/mol. The lowest BCUT2D eigenvalue weighted by molar-refractivity contribution is -0.140. The van der Waals surface area contributed by atoms with Crippen molar-refractivity contribution >= 4 is 27.9 Å². The van der Waals surface area contributed by atoms with Gasteiger partial charge < -0.3 is 21.3 Å². The van der Waals surface area contributed by atoms with E-state index in [9.17, 15) is 22.8 Å². The summed E-state index contributed by atoms with van der Waals surface area (Å²) in [6, 6.07) is -2.65. The van der Waals surface area contributed by atoms with Gasteiger partial charge >= 0.3 is 6.03 Å². The van der Waals surface area contributed by atoms with Crippen LogP contribution in [0.4, 0.5) is 4.79 Å². The van der Waals surface area contributed by atoms with Gasteiger partial charge in [-0.3, -0.25) is 9.59 Å². The summed E-state index contributed by atoms with van der Waals surface area (Å²) in [4.78, 5) is 39.3. The molecule has 180 valence electrons. The maximum atomic E-state index is 13.2. The molecular formula is C20H39N5O5S. The van der Waals surface area contributed by atoms with Crippen molar-refractivity contribution in [2.45, 2.75) is 72.5 Å². The van der Waals surface area contributed by atoms with Crippen LogP contribution in [0, 0.1) is 10.8 Å². The van der Waals surface area contributed by atoms with E-state index >= 15 is 0 Å². The van der Waals surface area contributed by atoms with Crippen molar-refractivity contribution in [1.29, 1.82) is 0 Å². The predicted molar refractivity (Wildman–Crippen MR) is 120 cm³/mol. The molecule has 10 nitrogen and oxygen atoms in total. The molecule has 0 aromatic rings. The molecule has 0 aromatic carbocycles. The first-order valence-electron chi connectivity index (χ1n) is 10.4. The van der Waals surface area contributed by atoms with Crippen LogP contribution in [-0.4, -0.2) is 80.0 Å². The maximum Gasteiger partial charge on any atom is 0.315 e. The van der Waals surface area contributed by atoms with Crippen LogP contribution in [0.3, 0.4) is 0 Å². The summed E-state index contributed by atoms with van der Waals surface area (Å²) in [6.07, 6.45) is 2.28. The molecule has 11 heteroatoms. The van der Waals surface area contributed by atoms with Crippen molar-refractivity contribution in [3.05, 3.63) is 0 Å². The number of rotatable bonds is 7. The van der Waals surface area contributed by atoms with Crippen molar-refractivity contribution in [2.24, 2.45) is 16.6 Å². The number of carbonyl (C=O) groups excluding carboxylic acids is 3. The minimum Gasteiger partial charge on any atom is -0.368 e. The first-order chi connectivity index (χ1) is 13.9. The van der Waals surface area contributed by atoms with Gasteiger partial charge in [-0.05, 0) is 23.7 Å². The highest BCUT2D eigenvalue weighted by Crippen LogP contribution is 2.26. The molecule has 1 saturated heterocycles. The summed E-state index contributed by atoms with van der Waals surface area (Å²) >= 11 is 0. The van der Waals surface area contributed by atoms with Gasteiger partial charge in [-0.1, -0.05) is 41.5 Å². The second-order valence-electron chi connectivity index (χ2n) is 10.5. The maximum absolute atomic E-state index is 13.2. The smallest absolute Gasteiger partial charge is 0.315 e. The van der Waals surface area contributed by atoms with Gasteiger partial charge in [0, 0.05) is 26.2 Å². The van der Waals surface area contributed by atoms with E-state index in [0.717, 1.165) is 6.26 Å². The van der Waals surface area contributed by atoms with E-state index in [4.69, 9.17) is 5.73 Å². The third kappa shape index (κ3) is 7.64. The second kappa shape index (κ2) is 9.72. The Hall–Kier alpha value is -1.88. The zero-order valence-corrected chi connectivity index (χ0v) is 20.8. The lowest BCUT2D eigenvalue weighted by Gasteiger charge is -2.37. The lowest BCUT2D eigenvalue weighted by atomic mass is 9.85. The number of sulfonamides is 1. The fraction of sp³-hybridized carbons (Fsp3) is 0.850. The molecular weight excluding hydrogens is 422 g/mol. The molecule has 1 aliphatic heterocycles. The number of nitrogens with two attached hydrogens (primary N) is 1. The molecule has 31 heavy (non-hydrogen) atoms. The van der Waals surface area contributed by atoms with Crippen LogP contribution in [0.2, 0.25) is 0 Å². The molecule has 4 amide bonds. The monoisotopic (exact) mass is 461 g/mol. The molecule has 1 fully saturated rings. The Balaban J connectivity index is 3.03. The first-order valence-corrected chi connectivity index (χ1v) is 12.3. The zero-order chi connectivity index (χ0) is 24.4. The third-order valence-corrected chi connectivity index (χ3v) is 6.89. The lowest BCUT2D eigenvalue weighted by Crippen LogP contribution is -2.61. The van der Waals surface area contributed by atoms with Crippen molar-refractivity contribution in [3.8, 4) is 0 Å². The normalized spacial score (nSPS) is 19.8. The predicted octanol–water partition coefficient (Wildman–Crippen LogP) is 0.483. The molecule has 0 aliphatic carbocycles. The number of amides is 4. The van der Waals surface area contributed by atoms with Crippen LogP contribution in [0.15, 0.2) is 0 Å². The highest BCUT2D eigenvalue weighted by molar-refractivity contribution is 7.88. The molecule has 4 N–H and O–H groups in total. The molecule has 1 rings (SSSR count). The minimum absolute atomic E-state index is 0.0831. The van der Waals surface area contributed by atoms with Crippen LogP contribution in [-0.2, 0) is 19.6 Å². The van der Waals surface area contributed by atoms with Crippen LogP contribution in [0.25, 0.3) is 0 Å². The Morgan fingerprint density at radius 3 is 2.06 bits per heavy atom. The van der Waals surface area contributed by atoms with E-state index in [-0.39, 0.29) is 12.5 Å². The molecule has 0 aromatic heterocycles. The van der Waals surface area contributed by atoms with E-state index < -0.39 is 50.9 Å². The number of likely N-dealkylation sites (tertiary alicyclic amines) is 1. The number of primary amides is 1. The average Bonchev–Trinajstić information content (AvgIpc) is 3.05. The van der Waals surface area contributed by atoms with Gasteiger partial charge in [0.2, 0.25) is 21.8 Å². The number of urea groups is 1. The zero-order valence-electron chi connectivity index (χ0n) is 20.0. The van der Waals surface area contributed by atoms with E-state index in [1.165, 1.54) is 16.3 Å². The summed E-state index contributed by atoms with van der Waals surface area (Å²) in [7, 11) is -1.97. The fourth-order valence-electron chi connectivity index (χ4n) is 3.40. The number of nitrogens with one attached hydrogen (secondary N) is 2. The molecule has 0 spiro atoms. The number of likely N-dealkylation sites (N-methyl/N-ethyl adjacent to an activating group) is 1. The largest absolute Gasteiger partial charge is 0.368 e. The van der Waals surface area contributed by atoms with Crippen molar-refractivity contribution in [2.75, 3.05) is 26.4 Å². The van der Waals surface area contributed by atoms with E-state index in [1.54, 1.807) is 0 Å². The van der Waals surface area contributed by atoms with Gasteiger partial charge in [0.25, 0.3) is 0 Å². The second-order valence-corrected chi connectivity index (χ2v) is 12.6. The van der Waals surface area contributed by atoms with Crippen LogP contribution in [0.5, 0.6) is 0 Å². The van der Waals surface area contributed by atoms with Gasteiger partial charge in [0.15, 0.2) is 0 Å². The molecule has 1 aliphatic rings. The number of hydrogen-bond acceptors (Lipinski definition) is 5. The van der Waals surface area contributed by atoms with Gasteiger partial charge in [-0.15, -0.1) is 0 Å². The quantitative estimate of drug-likeness (QED) is 0.506. The minimum atomic E-state index is -3.42. The molecule has 1 heterocycles. The molecule has 3 atom stereocenters. The van der Waals surface area contributed by atoms with Gasteiger partial charge in [-0.25, -0.2) is 17.5 Å². The Morgan fingerprint density at radius 1 is 1.10 bits per heavy atom. The summed E-state index contributed by atoms with van der Waals surface area (Å²) < 4.78 is 24.8. The molecule has 0 unspecified atom stereocenters. The standard InChI is InChI=1S/C20H39N5O5S/c1-19(2,3)14(12-24(7)31(8,29)30)22-18(28)23-15(20(4,5)6)17(27)25-11-9-10-13(25)16(21)26/h13-15H,9-12H2,1-8H3,(H2,21,26)(H2,22,23,28)/t13-,14+,15+/m0/s1. The van der Waals surface area contributed by atoms with E-state index in [0.29, 0.717) is 19.4 Å². The summed E-state index contributed by atoms with van der Waals surface area (Å²) in [5.74, 6) is -0.913. The number of nitrogens with zero attached hydrogens (tertiary/aromatic N) is 2. The molecule has 0 saturated carbocycles. The fourth-order valence-corrected chi connectivity index (χ4v) is 3.82.